The molecule has 0 amide bonds. The summed E-state index contributed by atoms with van der Waals surface area (Å²) in [6.07, 6.45) is 2.59. The van der Waals surface area contributed by atoms with Gasteiger partial charge < -0.3 is 10.1 Å². The SMILES string of the molecule is CNCCCC1(C(C)C)COC1. The smallest absolute Gasteiger partial charge is 0.0547 e. The van der Waals surface area contributed by atoms with Crippen LogP contribution < -0.4 is 5.32 Å². The van der Waals surface area contributed by atoms with Crippen LogP contribution in [0, 0.1) is 11.3 Å². The van der Waals surface area contributed by atoms with Gasteiger partial charge >= 0.3 is 0 Å². The third kappa shape index (κ3) is 1.99. The van der Waals surface area contributed by atoms with Gasteiger partial charge in [-0.25, -0.2) is 0 Å². The third-order valence-electron chi connectivity index (χ3n) is 3.11. The molecule has 1 aliphatic heterocycles. The first-order valence-corrected chi connectivity index (χ1v) is 4.93. The van der Waals surface area contributed by atoms with Crippen LogP contribution in [0.4, 0.5) is 0 Å². The summed E-state index contributed by atoms with van der Waals surface area (Å²) in [5.41, 5.74) is 0.511. The van der Waals surface area contributed by atoms with E-state index in [-0.39, 0.29) is 0 Å². The zero-order valence-corrected chi connectivity index (χ0v) is 8.52. The Balaban J connectivity index is 2.25. The van der Waals surface area contributed by atoms with E-state index in [1.54, 1.807) is 0 Å². The predicted octanol–water partition coefficient (Wildman–Crippen LogP) is 1.66. The van der Waals surface area contributed by atoms with Crippen molar-refractivity contribution >= 4 is 0 Å². The van der Waals surface area contributed by atoms with Crippen LogP contribution in [-0.2, 0) is 4.74 Å². The maximum Gasteiger partial charge on any atom is 0.0547 e. The normalized spacial score (nSPS) is 21.0. The van der Waals surface area contributed by atoms with E-state index in [9.17, 15) is 0 Å². The quantitative estimate of drug-likeness (QED) is 0.635. The summed E-state index contributed by atoms with van der Waals surface area (Å²) in [6, 6.07) is 0. The Morgan fingerprint density at radius 3 is 2.42 bits per heavy atom. The molecule has 12 heavy (non-hydrogen) atoms. The van der Waals surface area contributed by atoms with E-state index in [2.05, 4.69) is 19.2 Å². The van der Waals surface area contributed by atoms with Crippen LogP contribution in [0.25, 0.3) is 0 Å². The Kier molecular flexibility index (Phi) is 3.53. The number of ether oxygens (including phenoxy) is 1. The maximum absolute atomic E-state index is 5.31. The van der Waals surface area contributed by atoms with Gasteiger partial charge in [0, 0.05) is 5.41 Å². The molecule has 0 saturated carbocycles. The zero-order chi connectivity index (χ0) is 9.03. The van der Waals surface area contributed by atoms with Crippen LogP contribution in [-0.4, -0.2) is 26.8 Å². The highest BCUT2D eigenvalue weighted by molar-refractivity contribution is 4.88. The van der Waals surface area contributed by atoms with Gasteiger partial charge in [-0.2, -0.15) is 0 Å². The molecule has 0 aromatic rings. The van der Waals surface area contributed by atoms with Crippen molar-refractivity contribution in [1.29, 1.82) is 0 Å². The number of hydrogen-bond acceptors (Lipinski definition) is 2. The average molecular weight is 171 g/mol. The van der Waals surface area contributed by atoms with E-state index >= 15 is 0 Å². The molecule has 1 aliphatic rings. The monoisotopic (exact) mass is 171 g/mol. The van der Waals surface area contributed by atoms with Crippen molar-refractivity contribution in [3.05, 3.63) is 0 Å². The Morgan fingerprint density at radius 2 is 2.08 bits per heavy atom. The van der Waals surface area contributed by atoms with Crippen molar-refractivity contribution in [1.82, 2.24) is 5.32 Å². The summed E-state index contributed by atoms with van der Waals surface area (Å²) in [5, 5.41) is 3.19. The van der Waals surface area contributed by atoms with Gasteiger partial charge in [0.1, 0.15) is 0 Å². The van der Waals surface area contributed by atoms with Gasteiger partial charge in [0.15, 0.2) is 0 Å². The lowest BCUT2D eigenvalue weighted by Crippen LogP contribution is -2.46. The highest BCUT2D eigenvalue weighted by atomic mass is 16.5. The minimum absolute atomic E-state index is 0.511. The second-order valence-corrected chi connectivity index (χ2v) is 4.22. The summed E-state index contributed by atoms with van der Waals surface area (Å²) in [6.45, 7) is 7.71. The maximum atomic E-state index is 5.31. The Bertz CT molecular complexity index is 130. The molecular weight excluding hydrogens is 150 g/mol. The Hall–Kier alpha value is -0.0800. The summed E-state index contributed by atoms with van der Waals surface area (Å²) < 4.78 is 5.31. The highest BCUT2D eigenvalue weighted by Crippen LogP contribution is 2.39. The fourth-order valence-electron chi connectivity index (χ4n) is 1.75. The lowest BCUT2D eigenvalue weighted by atomic mass is 9.72. The molecule has 0 spiro atoms. The van der Waals surface area contributed by atoms with Crippen LogP contribution in [0.5, 0.6) is 0 Å². The third-order valence-corrected chi connectivity index (χ3v) is 3.11. The van der Waals surface area contributed by atoms with Gasteiger partial charge in [-0.3, -0.25) is 0 Å². The standard InChI is InChI=1S/C10H21NO/c1-9(2)10(7-12-8-10)5-4-6-11-3/h9,11H,4-8H2,1-3H3. The summed E-state index contributed by atoms with van der Waals surface area (Å²) in [7, 11) is 2.01. The molecule has 0 aromatic carbocycles. The molecule has 0 unspecified atom stereocenters. The predicted molar refractivity (Wildman–Crippen MR) is 51.3 cm³/mol. The minimum Gasteiger partial charge on any atom is -0.380 e. The van der Waals surface area contributed by atoms with Crippen molar-refractivity contribution in [2.75, 3.05) is 26.8 Å². The van der Waals surface area contributed by atoms with Gasteiger partial charge in [-0.1, -0.05) is 13.8 Å². The van der Waals surface area contributed by atoms with E-state index < -0.39 is 0 Å². The molecule has 72 valence electrons. The Labute approximate surface area is 75.7 Å². The minimum atomic E-state index is 0.511. The topological polar surface area (TPSA) is 21.3 Å². The average Bonchev–Trinajstić information content (AvgIpc) is 1.94. The van der Waals surface area contributed by atoms with E-state index in [0.29, 0.717) is 5.41 Å². The first kappa shape index (κ1) is 10.0. The summed E-state index contributed by atoms with van der Waals surface area (Å²) in [4.78, 5) is 0. The lowest BCUT2D eigenvalue weighted by molar-refractivity contribution is -0.143. The second-order valence-electron chi connectivity index (χ2n) is 4.22. The molecule has 1 rings (SSSR count). The van der Waals surface area contributed by atoms with Gasteiger partial charge in [-0.05, 0) is 32.4 Å². The highest BCUT2D eigenvalue weighted by Gasteiger charge is 2.40. The van der Waals surface area contributed by atoms with Crippen LogP contribution in [0.1, 0.15) is 26.7 Å². The van der Waals surface area contributed by atoms with Crippen molar-refractivity contribution in [3.63, 3.8) is 0 Å². The molecule has 0 bridgehead atoms. The second kappa shape index (κ2) is 4.24. The molecule has 1 saturated heterocycles. The number of nitrogens with one attached hydrogen (secondary N) is 1. The summed E-state index contributed by atoms with van der Waals surface area (Å²) >= 11 is 0. The van der Waals surface area contributed by atoms with Crippen LogP contribution >= 0.6 is 0 Å². The Morgan fingerprint density at radius 1 is 1.42 bits per heavy atom. The van der Waals surface area contributed by atoms with Crippen molar-refractivity contribution in [2.24, 2.45) is 11.3 Å². The molecule has 0 aromatic heterocycles. The fourth-order valence-corrected chi connectivity index (χ4v) is 1.75. The molecule has 2 heteroatoms. The molecule has 1 fully saturated rings. The van der Waals surface area contributed by atoms with Gasteiger partial charge in [-0.15, -0.1) is 0 Å². The van der Waals surface area contributed by atoms with Crippen LogP contribution in [0.15, 0.2) is 0 Å². The van der Waals surface area contributed by atoms with Gasteiger partial charge in [0.05, 0.1) is 13.2 Å². The van der Waals surface area contributed by atoms with E-state index in [1.807, 2.05) is 7.05 Å². The zero-order valence-electron chi connectivity index (χ0n) is 8.52. The van der Waals surface area contributed by atoms with Gasteiger partial charge in [0.2, 0.25) is 0 Å². The number of rotatable bonds is 5. The number of hydrogen-bond donors (Lipinski definition) is 1. The molecular formula is C10H21NO. The van der Waals surface area contributed by atoms with Crippen molar-refractivity contribution in [3.8, 4) is 0 Å². The first-order valence-electron chi connectivity index (χ1n) is 4.93. The molecule has 0 aliphatic carbocycles. The molecule has 0 atom stereocenters. The molecule has 0 radical (unpaired) electrons. The van der Waals surface area contributed by atoms with E-state index in [4.69, 9.17) is 4.74 Å². The van der Waals surface area contributed by atoms with Crippen LogP contribution in [0.2, 0.25) is 0 Å². The molecule has 2 nitrogen and oxygen atoms in total. The molecule has 1 heterocycles. The van der Waals surface area contributed by atoms with Gasteiger partial charge in [0.25, 0.3) is 0 Å². The largest absolute Gasteiger partial charge is 0.380 e. The van der Waals surface area contributed by atoms with Crippen LogP contribution in [0.3, 0.4) is 0 Å². The lowest BCUT2D eigenvalue weighted by Gasteiger charge is -2.45. The van der Waals surface area contributed by atoms with E-state index in [1.165, 1.54) is 12.8 Å². The van der Waals surface area contributed by atoms with E-state index in [0.717, 1.165) is 25.7 Å². The fraction of sp³-hybridized carbons (Fsp3) is 1.00. The summed E-state index contributed by atoms with van der Waals surface area (Å²) in [5.74, 6) is 0.767. The first-order chi connectivity index (χ1) is 5.71. The van der Waals surface area contributed by atoms with Crippen molar-refractivity contribution < 1.29 is 4.74 Å². The van der Waals surface area contributed by atoms with Crippen molar-refractivity contribution in [2.45, 2.75) is 26.7 Å². The molecule has 1 N–H and O–H groups in total.